The Bertz CT molecular complexity index is 1220. The Kier molecular flexibility index (Phi) is 6.99. The minimum absolute atomic E-state index is 0.0995. The summed E-state index contributed by atoms with van der Waals surface area (Å²) in [4.78, 5) is 20.4. The molecule has 0 spiro atoms. The van der Waals surface area contributed by atoms with E-state index in [0.717, 1.165) is 11.3 Å². The van der Waals surface area contributed by atoms with Crippen molar-refractivity contribution < 1.29 is 22.7 Å². The van der Waals surface area contributed by atoms with Crippen molar-refractivity contribution in [3.05, 3.63) is 35.9 Å². The molecule has 3 atom stereocenters. The molecule has 1 aromatic heterocycles. The van der Waals surface area contributed by atoms with Gasteiger partial charge in [-0.3, -0.25) is 13.9 Å². The van der Waals surface area contributed by atoms with Gasteiger partial charge in [-0.1, -0.05) is 20.8 Å². The molecule has 0 radical (unpaired) electrons. The van der Waals surface area contributed by atoms with Crippen molar-refractivity contribution in [1.29, 1.82) is 5.26 Å². The summed E-state index contributed by atoms with van der Waals surface area (Å²) in [7, 11) is -2.47. The number of nitrogens with one attached hydrogen (secondary N) is 1. The number of amides is 1. The Hall–Kier alpha value is -2.61. The number of oxazole rings is 1. The molecule has 2 aromatic rings. The van der Waals surface area contributed by atoms with E-state index in [-0.39, 0.29) is 23.7 Å². The number of alkyl halides is 1. The number of benzene rings is 1. The van der Waals surface area contributed by atoms with Crippen LogP contribution in [-0.4, -0.2) is 56.3 Å². The van der Waals surface area contributed by atoms with Crippen LogP contribution in [0.25, 0.3) is 11.3 Å². The average Bonchev–Trinajstić information content (AvgIpc) is 3.49. The maximum absolute atomic E-state index is 14.6. The summed E-state index contributed by atoms with van der Waals surface area (Å²) >= 11 is 0. The topological polar surface area (TPSA) is 123 Å². The van der Waals surface area contributed by atoms with Crippen molar-refractivity contribution in [3.8, 4) is 17.4 Å². The summed E-state index contributed by atoms with van der Waals surface area (Å²) in [5.74, 6) is 0.648. The molecule has 1 saturated heterocycles. The standard InChI is InChI=1S/C28H37FN4O4S/c1-27(2,3)26-31-23(21-9-6-19(29)16-22(21)25(34)32-28(17-30)10-11-28)24(37-26)18-4-7-20(8-5-18)33-12-14-38(35,36)15-13-33/h4-5,7-8,19,21-22,35-36H,6,9-16H2,1-3H3,(H,32,34)/t19-,21+,22+/m0/s1. The quantitative estimate of drug-likeness (QED) is 0.447. The molecule has 1 amide bonds. The number of halogens is 1. The van der Waals surface area contributed by atoms with E-state index in [1.807, 2.05) is 45.0 Å². The number of anilines is 1. The van der Waals surface area contributed by atoms with Gasteiger partial charge < -0.3 is 14.6 Å². The van der Waals surface area contributed by atoms with Crippen molar-refractivity contribution in [2.75, 3.05) is 29.5 Å². The Morgan fingerprint density at radius 1 is 1.21 bits per heavy atom. The second kappa shape index (κ2) is 9.85. The monoisotopic (exact) mass is 544 g/mol. The lowest BCUT2D eigenvalue weighted by Gasteiger charge is -2.41. The fourth-order valence-corrected chi connectivity index (χ4v) is 6.60. The van der Waals surface area contributed by atoms with E-state index < -0.39 is 28.2 Å². The third-order valence-corrected chi connectivity index (χ3v) is 9.64. The Morgan fingerprint density at radius 3 is 2.45 bits per heavy atom. The van der Waals surface area contributed by atoms with Gasteiger partial charge in [-0.2, -0.15) is 15.9 Å². The lowest BCUT2D eigenvalue weighted by atomic mass is 9.75. The van der Waals surface area contributed by atoms with E-state index in [1.54, 1.807) is 0 Å². The van der Waals surface area contributed by atoms with Crippen molar-refractivity contribution >= 4 is 22.2 Å². The first-order valence-corrected chi connectivity index (χ1v) is 15.3. The third kappa shape index (κ3) is 5.56. The molecule has 1 aliphatic heterocycles. The van der Waals surface area contributed by atoms with Gasteiger partial charge in [-0.05, 0) is 56.4 Å². The SMILES string of the molecule is CC(C)(C)c1nc([C@@H]2CC[C@H](F)C[C@H]2C(=O)NC2(C#N)CC2)c(-c2ccc(N3CCS(O)(O)CC3)cc2)o1. The molecule has 3 aliphatic rings. The maximum atomic E-state index is 14.6. The maximum Gasteiger partial charge on any atom is 0.225 e. The molecule has 10 heteroatoms. The van der Waals surface area contributed by atoms with Crippen molar-refractivity contribution in [3.63, 3.8) is 0 Å². The molecule has 2 aliphatic carbocycles. The Balaban J connectivity index is 1.46. The van der Waals surface area contributed by atoms with Crippen molar-refractivity contribution in [1.82, 2.24) is 10.3 Å². The molecule has 38 heavy (non-hydrogen) atoms. The van der Waals surface area contributed by atoms with Crippen LogP contribution in [0.15, 0.2) is 28.7 Å². The van der Waals surface area contributed by atoms with Gasteiger partial charge in [0.1, 0.15) is 11.7 Å². The highest BCUT2D eigenvalue weighted by molar-refractivity contribution is 8.24. The van der Waals surface area contributed by atoms with E-state index in [1.165, 1.54) is 0 Å². The summed E-state index contributed by atoms with van der Waals surface area (Å²) < 4.78 is 40.8. The second-order valence-electron chi connectivity index (χ2n) is 12.0. The van der Waals surface area contributed by atoms with Gasteiger partial charge in [-0.15, -0.1) is 0 Å². The zero-order chi connectivity index (χ0) is 27.3. The van der Waals surface area contributed by atoms with E-state index in [2.05, 4.69) is 16.3 Å². The number of hydrogen-bond donors (Lipinski definition) is 3. The number of hydrogen-bond acceptors (Lipinski definition) is 7. The van der Waals surface area contributed by atoms with Gasteiger partial charge >= 0.3 is 0 Å². The minimum Gasteiger partial charge on any atom is -0.440 e. The smallest absolute Gasteiger partial charge is 0.225 e. The van der Waals surface area contributed by atoms with Gasteiger partial charge in [0.25, 0.3) is 0 Å². The van der Waals surface area contributed by atoms with Gasteiger partial charge in [0, 0.05) is 41.6 Å². The van der Waals surface area contributed by atoms with E-state index in [9.17, 15) is 23.6 Å². The van der Waals surface area contributed by atoms with E-state index >= 15 is 0 Å². The molecule has 3 fully saturated rings. The van der Waals surface area contributed by atoms with Crippen LogP contribution in [0.2, 0.25) is 0 Å². The lowest BCUT2D eigenvalue weighted by molar-refractivity contribution is -0.128. The van der Waals surface area contributed by atoms with Crippen LogP contribution in [0.3, 0.4) is 0 Å². The molecule has 206 valence electrons. The number of rotatable bonds is 5. The predicted octanol–water partition coefficient (Wildman–Crippen LogP) is 5.60. The van der Waals surface area contributed by atoms with Gasteiger partial charge in [0.2, 0.25) is 11.8 Å². The van der Waals surface area contributed by atoms with Gasteiger partial charge in [0.15, 0.2) is 5.76 Å². The van der Waals surface area contributed by atoms with Crippen LogP contribution in [0.4, 0.5) is 10.1 Å². The highest BCUT2D eigenvalue weighted by Gasteiger charge is 2.48. The molecule has 3 N–H and O–H groups in total. The van der Waals surface area contributed by atoms with Crippen LogP contribution in [-0.2, 0) is 10.2 Å². The molecule has 0 bridgehead atoms. The number of aromatic nitrogens is 1. The van der Waals surface area contributed by atoms with Gasteiger partial charge in [-0.25, -0.2) is 9.37 Å². The van der Waals surface area contributed by atoms with Crippen molar-refractivity contribution in [2.45, 2.75) is 75.9 Å². The summed E-state index contributed by atoms with van der Waals surface area (Å²) in [6.07, 6.45) is 1.10. The summed E-state index contributed by atoms with van der Waals surface area (Å²) in [6.45, 7) is 7.21. The van der Waals surface area contributed by atoms with Crippen LogP contribution in [0.1, 0.15) is 70.4 Å². The molecule has 0 unspecified atom stereocenters. The number of carbonyl (C=O) groups excluding carboxylic acids is 1. The molecule has 5 rings (SSSR count). The minimum atomic E-state index is -2.47. The molecular weight excluding hydrogens is 507 g/mol. The first-order valence-electron chi connectivity index (χ1n) is 13.4. The predicted molar refractivity (Wildman–Crippen MR) is 146 cm³/mol. The van der Waals surface area contributed by atoms with Crippen LogP contribution >= 0.6 is 10.6 Å². The third-order valence-electron chi connectivity index (χ3n) is 7.97. The molecule has 2 heterocycles. The molecule has 2 saturated carbocycles. The van der Waals surface area contributed by atoms with E-state index in [0.29, 0.717) is 67.6 Å². The Morgan fingerprint density at radius 2 is 1.87 bits per heavy atom. The van der Waals surface area contributed by atoms with Crippen LogP contribution in [0, 0.1) is 17.2 Å². The fourth-order valence-electron chi connectivity index (χ4n) is 5.37. The highest BCUT2D eigenvalue weighted by Crippen LogP contribution is 2.46. The van der Waals surface area contributed by atoms with Crippen molar-refractivity contribution in [2.24, 2.45) is 5.92 Å². The molecule has 8 nitrogen and oxygen atoms in total. The molecular formula is C28H37FN4O4S. The lowest BCUT2D eigenvalue weighted by Crippen LogP contribution is -2.44. The first kappa shape index (κ1) is 27.0. The van der Waals surface area contributed by atoms with Gasteiger partial charge in [0.05, 0.1) is 23.3 Å². The zero-order valence-corrected chi connectivity index (χ0v) is 23.1. The van der Waals surface area contributed by atoms with E-state index in [4.69, 9.17) is 9.40 Å². The summed E-state index contributed by atoms with van der Waals surface area (Å²) in [5.41, 5.74) is 1.31. The van der Waals surface area contributed by atoms with Crippen LogP contribution < -0.4 is 10.2 Å². The normalized spacial score (nSPS) is 27.3. The number of nitriles is 1. The zero-order valence-electron chi connectivity index (χ0n) is 22.2. The number of nitrogens with zero attached hydrogens (tertiary/aromatic N) is 3. The summed E-state index contributed by atoms with van der Waals surface area (Å²) in [5, 5.41) is 12.4. The molecule has 1 aromatic carbocycles. The Labute approximate surface area is 225 Å². The number of carbonyl (C=O) groups is 1. The average molecular weight is 545 g/mol. The second-order valence-corrected chi connectivity index (χ2v) is 14.5. The first-order chi connectivity index (χ1) is 17.9. The van der Waals surface area contributed by atoms with Crippen LogP contribution in [0.5, 0.6) is 0 Å². The fraction of sp³-hybridized carbons (Fsp3) is 0.607. The largest absolute Gasteiger partial charge is 0.440 e. The highest BCUT2D eigenvalue weighted by atomic mass is 32.3. The summed E-state index contributed by atoms with van der Waals surface area (Å²) in [6, 6.07) is 10.1.